The summed E-state index contributed by atoms with van der Waals surface area (Å²) in [5.41, 5.74) is 0.393. The van der Waals surface area contributed by atoms with E-state index in [9.17, 15) is 24.0 Å². The molecule has 0 aliphatic carbocycles. The van der Waals surface area contributed by atoms with Crippen molar-refractivity contribution in [1.82, 2.24) is 0 Å². The molecule has 0 aromatic heterocycles. The Hall–Kier alpha value is 3.75. The van der Waals surface area contributed by atoms with Crippen LogP contribution in [0.15, 0.2) is 133 Å². The van der Waals surface area contributed by atoms with Gasteiger partial charge in [-0.2, -0.15) is 0 Å². The molecular formula is C71H116I12O14Si3V2. The molecule has 590 valence electrons. The van der Waals surface area contributed by atoms with Gasteiger partial charge >= 0.3 is 154 Å². The molecule has 1 heterocycles. The summed E-state index contributed by atoms with van der Waals surface area (Å²) in [6.45, 7) is 61.6. The predicted molar refractivity (Wildman–Crippen MR) is 538 cm³/mol. The van der Waals surface area contributed by atoms with Crippen LogP contribution in [-0.2, 0) is 28.0 Å². The average Bonchev–Trinajstić information content (AvgIpc) is 0.736. The molecule has 0 bridgehead atoms. The predicted octanol–water partition coefficient (Wildman–Crippen LogP) is 30.3. The third-order valence-corrected chi connectivity index (χ3v) is 26.0. The number of benzene rings is 5. The van der Waals surface area contributed by atoms with Gasteiger partial charge in [-0.1, -0.05) is 447 Å². The number of alkyl halides is 8. The van der Waals surface area contributed by atoms with Gasteiger partial charge < -0.3 is 47.7 Å². The van der Waals surface area contributed by atoms with E-state index < -0.39 is 37.6 Å². The van der Waals surface area contributed by atoms with Crippen molar-refractivity contribution in [1.29, 1.82) is 0 Å². The Balaban J connectivity index is -0.000000120. The van der Waals surface area contributed by atoms with Gasteiger partial charge in [0.1, 0.15) is 39.8 Å². The Morgan fingerprint density at radius 2 is 0.657 bits per heavy atom. The zero-order chi connectivity index (χ0) is 83.5. The number of carbonyl (C=O) groups excluding carboxylic acids is 1. The van der Waals surface area contributed by atoms with Gasteiger partial charge in [0, 0.05) is 30.2 Å². The Bertz CT molecular complexity index is 2650. The van der Waals surface area contributed by atoms with E-state index >= 15 is 0 Å². The summed E-state index contributed by atoms with van der Waals surface area (Å²) in [4.78, 5) is 55.0. The van der Waals surface area contributed by atoms with E-state index in [-0.39, 0.29) is 58.8 Å². The maximum atomic E-state index is 12.3. The summed E-state index contributed by atoms with van der Waals surface area (Å²) in [6.07, 6.45) is 0. The second-order valence-corrected chi connectivity index (χ2v) is 88.0. The van der Waals surface area contributed by atoms with E-state index in [1.807, 2.05) is 231 Å². The standard InChI is InChI=1S/C15H22O3Si.2C14H24O2Si.2C7H6O3.5C2H6.2CHI3.CH2I2.CO.4HI.2V/c1-14(2,3)19(15(4,5)6)17-12-10-8-7-9-11(12)13(16)18-19;2*1-13(2,3)17(15,14(4,5)6)16-12-10-8-7-9-11-12;2*8-6-4-2-1-3-5(6)7(9)10;5*1-2;2*2-1(3)4;2-1-3;1-2;;;;;;/h7-10H,1-6H3;2*7-11,15H,1-6H3;2*1-4,8H,(H,9,10);5*1-2H3;2*1H;1H2;;4*1H;;/q;;;;;;;;;;;;;;;;;;2*+2/p-4. The van der Waals surface area contributed by atoms with Crippen LogP contribution in [0.5, 0.6) is 28.7 Å². The first kappa shape index (κ1) is 127. The number of rotatable bonds is 6. The molecule has 102 heavy (non-hydrogen) atoms. The Morgan fingerprint density at radius 3 is 0.853 bits per heavy atom. The van der Waals surface area contributed by atoms with Crippen molar-refractivity contribution in [3.8, 4) is 28.7 Å². The fourth-order valence-corrected chi connectivity index (χ4v) is 19.4. The minimum atomic E-state index is -2.89. The summed E-state index contributed by atoms with van der Waals surface area (Å²) in [5.74, 6) is -0.701. The molecule has 0 radical (unpaired) electrons. The van der Waals surface area contributed by atoms with Crippen LogP contribution in [0.2, 0.25) is 30.2 Å². The van der Waals surface area contributed by atoms with E-state index in [0.29, 0.717) is 30.2 Å². The first-order chi connectivity index (χ1) is 46.9. The number of carboxylic acids is 2. The number of halogens is 12. The topological polar surface area (TPSA) is 229 Å². The van der Waals surface area contributed by atoms with Crippen LogP contribution >= 0.6 is 261 Å². The number of para-hydroxylation sites is 5. The van der Waals surface area contributed by atoms with E-state index in [1.54, 1.807) is 30.3 Å². The summed E-state index contributed by atoms with van der Waals surface area (Å²) in [5, 5.41) is 33.3. The summed E-state index contributed by atoms with van der Waals surface area (Å²) >= 11 is 27.9. The zero-order valence-corrected chi connectivity index (χ0v) is 96.1. The molecule has 0 saturated carbocycles. The molecule has 0 saturated heterocycles. The van der Waals surface area contributed by atoms with Gasteiger partial charge in [0.2, 0.25) is 0 Å². The number of hydrogen-bond donors (Lipinski definition) is 6. The summed E-state index contributed by atoms with van der Waals surface area (Å²) < 4.78 is 34.4. The van der Waals surface area contributed by atoms with Crippen LogP contribution in [-0.4, -0.2) is 75.9 Å². The van der Waals surface area contributed by atoms with E-state index in [4.69, 9.17) is 42.8 Å². The molecule has 0 fully saturated rings. The molecule has 5 aromatic carbocycles. The van der Waals surface area contributed by atoms with Gasteiger partial charge in [0.15, 0.2) is 0 Å². The number of aromatic carboxylic acids is 2. The van der Waals surface area contributed by atoms with Crippen LogP contribution in [0.4, 0.5) is 0 Å². The van der Waals surface area contributed by atoms with Crippen LogP contribution in [0.3, 0.4) is 0 Å². The number of aromatic hydroxyl groups is 2. The van der Waals surface area contributed by atoms with Crippen molar-refractivity contribution < 1.29 is 85.7 Å². The number of carbonyl (C=O) groups is 3. The molecule has 31 heteroatoms. The van der Waals surface area contributed by atoms with Crippen LogP contribution < -0.4 is 13.3 Å². The molecule has 0 spiro atoms. The van der Waals surface area contributed by atoms with Crippen molar-refractivity contribution in [2.75, 3.05) is 2.43 Å². The second-order valence-electron chi connectivity index (χ2n) is 24.6. The fourth-order valence-electron chi connectivity index (χ4n) is 8.31. The van der Waals surface area contributed by atoms with Crippen molar-refractivity contribution in [3.63, 3.8) is 0 Å². The van der Waals surface area contributed by atoms with Gasteiger partial charge in [0.05, 0.1) is 8.00 Å². The first-order valence-electron chi connectivity index (χ1n) is 31.9. The minimum absolute atomic E-state index is 0.0671. The zero-order valence-electron chi connectivity index (χ0n) is 64.4. The van der Waals surface area contributed by atoms with E-state index in [1.165, 1.54) is 26.7 Å². The molecule has 0 unspecified atom stereocenters. The second kappa shape index (κ2) is 71.3. The normalized spacial score (nSPS) is 11.2. The van der Waals surface area contributed by atoms with Crippen LogP contribution in [0.25, 0.3) is 0 Å². The van der Waals surface area contributed by atoms with Gasteiger partial charge in [-0.15, -0.1) is 0 Å². The number of phenols is 2. The number of carboxylic acid groups (broad SMARTS) is 2. The van der Waals surface area contributed by atoms with Gasteiger partial charge in [0.25, 0.3) is 0 Å². The number of fused-ring (bicyclic) bond motifs is 1. The summed E-state index contributed by atoms with van der Waals surface area (Å²) in [7, 11) is -7.28. The van der Waals surface area contributed by atoms with Crippen LogP contribution in [0, 0.1) is 6.65 Å². The average molecular weight is 2900 g/mol. The van der Waals surface area contributed by atoms with Gasteiger partial charge in [-0.05, 0) is 60.7 Å². The molecular weight excluding hydrogens is 2790 g/mol. The molecule has 1 aliphatic rings. The molecule has 0 amide bonds. The molecule has 1 aliphatic heterocycles. The molecule has 14 nitrogen and oxygen atoms in total. The SMILES string of the molecule is CC.CC.CC.CC.CC.CC(C)(C)[Si](O)(Oc1ccccc1)C(C)(C)C.CC(C)(C)[Si](O)(Oc1ccccc1)C(C)(C)C.CC(C)(C)[Si]1(C(C)(C)C)OC(=O)c2ccccc2O1.IC(I)I.IC(I)I.ICI.O=C(O)c1ccccc1O.O=C(O)c1ccccc1O.[C-]#[O+].[I][V][I].[I][V][I]. The van der Waals surface area contributed by atoms with Gasteiger partial charge in [-0.25, -0.2) is 14.4 Å². The molecule has 6 rings (SSSR count). The Kier molecular flexibility index (Phi) is 88.5. The van der Waals surface area contributed by atoms with E-state index in [2.05, 4.69) is 309 Å². The molecule has 5 aromatic rings. The third kappa shape index (κ3) is 56.9. The van der Waals surface area contributed by atoms with Crippen molar-refractivity contribution in [3.05, 3.63) is 157 Å². The summed E-state index contributed by atoms with van der Waals surface area (Å²) in [6, 6.07) is 38.1. The monoisotopic (exact) mass is 2900 g/mol. The third-order valence-electron chi connectivity index (χ3n) is 11.9. The maximum absolute atomic E-state index is 12.3. The first-order valence-corrected chi connectivity index (χ1v) is 65.9. The Morgan fingerprint density at radius 1 is 0.451 bits per heavy atom. The number of hydrogen-bond acceptors (Lipinski definition) is 11. The molecule has 0 atom stereocenters. The van der Waals surface area contributed by atoms with E-state index in [0.717, 1.165) is 11.4 Å². The fraction of sp³-hybridized carbons (Fsp3) is 0.521. The van der Waals surface area contributed by atoms with Crippen molar-refractivity contribution >= 4 is 304 Å². The Labute approximate surface area is 788 Å². The van der Waals surface area contributed by atoms with Gasteiger partial charge in [-0.3, -0.25) is 0 Å². The van der Waals surface area contributed by atoms with Crippen LogP contribution in [0.1, 0.15) is 225 Å². The van der Waals surface area contributed by atoms with Crippen molar-refractivity contribution in [2.45, 2.75) is 224 Å². The quantitative estimate of drug-likeness (QED) is 0.0306. The molecule has 6 N–H and O–H groups in total. The van der Waals surface area contributed by atoms with Crippen molar-refractivity contribution in [2.24, 2.45) is 0 Å².